The molecule has 2 aromatic carbocycles. The second kappa shape index (κ2) is 7.68. The van der Waals surface area contributed by atoms with Gasteiger partial charge in [-0.15, -0.1) is 12.4 Å². The zero-order chi connectivity index (χ0) is 16.5. The second-order valence-electron chi connectivity index (χ2n) is 6.38. The molecule has 6 heteroatoms. The predicted octanol–water partition coefficient (Wildman–Crippen LogP) is 4.29. The summed E-state index contributed by atoms with van der Waals surface area (Å²) in [5.74, 6) is 0. The van der Waals surface area contributed by atoms with Crippen molar-refractivity contribution in [3.05, 3.63) is 48.0 Å². The fraction of sp³-hybridized carbons (Fsp3) is 0.316. The molecule has 2 aliphatic heterocycles. The maximum atomic E-state index is 4.82. The minimum absolute atomic E-state index is 0. The summed E-state index contributed by atoms with van der Waals surface area (Å²) in [5, 5.41) is 10.6. The first-order valence-corrected chi connectivity index (χ1v) is 9.18. The van der Waals surface area contributed by atoms with Gasteiger partial charge in [0.15, 0.2) is 0 Å². The van der Waals surface area contributed by atoms with E-state index >= 15 is 0 Å². The summed E-state index contributed by atoms with van der Waals surface area (Å²) >= 11 is 1.82. The van der Waals surface area contributed by atoms with Crippen LogP contribution < -0.4 is 5.32 Å². The van der Waals surface area contributed by atoms with Crippen LogP contribution in [-0.2, 0) is 0 Å². The number of para-hydroxylation sites is 1. The third kappa shape index (κ3) is 3.94. The topological polar surface area (TPSA) is 30.9 Å². The first kappa shape index (κ1) is 18.1. The Morgan fingerprint density at radius 3 is 2.52 bits per heavy atom. The van der Waals surface area contributed by atoms with Crippen molar-refractivity contribution in [1.29, 1.82) is 0 Å². The number of halogens is 1. The summed E-state index contributed by atoms with van der Waals surface area (Å²) in [6.45, 7) is 6.26. The Hall–Kier alpha value is -1.69. The quantitative estimate of drug-likeness (QED) is 0.678. The molecular weight excluding hydrogens is 352 g/mol. The van der Waals surface area contributed by atoms with Gasteiger partial charge in [-0.25, -0.2) is 0 Å². The molecule has 1 fully saturated rings. The van der Waals surface area contributed by atoms with Crippen LogP contribution in [0.5, 0.6) is 0 Å². The van der Waals surface area contributed by atoms with Crippen molar-refractivity contribution in [1.82, 2.24) is 9.91 Å². The van der Waals surface area contributed by atoms with E-state index in [1.807, 2.05) is 11.8 Å². The molecule has 0 radical (unpaired) electrons. The fourth-order valence-corrected chi connectivity index (χ4v) is 4.00. The van der Waals surface area contributed by atoms with E-state index in [0.29, 0.717) is 0 Å². The number of benzene rings is 2. The summed E-state index contributed by atoms with van der Waals surface area (Å²) in [6.07, 6.45) is 0. The number of hydrazone groups is 1. The van der Waals surface area contributed by atoms with E-state index < -0.39 is 0 Å². The van der Waals surface area contributed by atoms with Crippen molar-refractivity contribution < 1.29 is 0 Å². The van der Waals surface area contributed by atoms with E-state index in [1.54, 1.807) is 0 Å². The van der Waals surface area contributed by atoms with E-state index in [1.165, 1.54) is 26.7 Å². The van der Waals surface area contributed by atoms with Crippen molar-refractivity contribution in [3.63, 3.8) is 0 Å². The number of nitrogens with zero attached hydrogens (tertiary/aromatic N) is 3. The Labute approximate surface area is 159 Å². The highest BCUT2D eigenvalue weighted by Gasteiger charge is 2.16. The summed E-state index contributed by atoms with van der Waals surface area (Å²) in [6, 6.07) is 15.0. The van der Waals surface area contributed by atoms with Gasteiger partial charge in [0, 0.05) is 36.0 Å². The van der Waals surface area contributed by atoms with Crippen LogP contribution >= 0.6 is 24.2 Å². The van der Waals surface area contributed by atoms with Crippen LogP contribution in [0.4, 0.5) is 11.4 Å². The third-order valence-corrected chi connectivity index (χ3v) is 5.70. The van der Waals surface area contributed by atoms with Gasteiger partial charge in [-0.1, -0.05) is 30.0 Å². The van der Waals surface area contributed by atoms with Gasteiger partial charge in [0.1, 0.15) is 0 Å². The average Bonchev–Trinajstić information content (AvgIpc) is 2.61. The molecule has 132 valence electrons. The minimum Gasteiger partial charge on any atom is -0.354 e. The van der Waals surface area contributed by atoms with Crippen molar-refractivity contribution in [2.45, 2.75) is 16.7 Å². The SMILES string of the molecule is C/C(=N\N1CCN(C)CC1)c1ccc2c(c1)Nc1ccccc1S2.Cl. The van der Waals surface area contributed by atoms with Gasteiger partial charge in [0.25, 0.3) is 0 Å². The predicted molar refractivity (Wildman–Crippen MR) is 109 cm³/mol. The molecule has 0 aromatic heterocycles. The lowest BCUT2D eigenvalue weighted by Gasteiger charge is -2.30. The molecule has 2 aliphatic rings. The molecule has 0 aliphatic carbocycles. The lowest BCUT2D eigenvalue weighted by Crippen LogP contribution is -2.42. The van der Waals surface area contributed by atoms with Crippen LogP contribution in [0, 0.1) is 0 Å². The largest absolute Gasteiger partial charge is 0.354 e. The number of likely N-dealkylation sites (N-methyl/N-ethyl adjacent to an activating group) is 1. The molecule has 0 saturated carbocycles. The molecule has 0 spiro atoms. The third-order valence-electron chi connectivity index (χ3n) is 4.54. The van der Waals surface area contributed by atoms with Gasteiger partial charge < -0.3 is 10.2 Å². The van der Waals surface area contributed by atoms with Gasteiger partial charge in [-0.2, -0.15) is 5.10 Å². The average molecular weight is 375 g/mol. The normalized spacial score (nSPS) is 17.2. The Bertz CT molecular complexity index is 785. The number of nitrogens with one attached hydrogen (secondary N) is 1. The molecule has 0 atom stereocenters. The maximum absolute atomic E-state index is 4.82. The molecule has 0 bridgehead atoms. The van der Waals surface area contributed by atoms with E-state index in [4.69, 9.17) is 5.10 Å². The Kier molecular flexibility index (Phi) is 5.57. The Morgan fingerprint density at radius 1 is 1.00 bits per heavy atom. The molecule has 2 aromatic rings. The van der Waals surface area contributed by atoms with E-state index in [0.717, 1.165) is 31.9 Å². The van der Waals surface area contributed by atoms with Gasteiger partial charge in [0.05, 0.1) is 17.1 Å². The number of hydrogen-bond acceptors (Lipinski definition) is 5. The van der Waals surface area contributed by atoms with Gasteiger partial charge in [-0.3, -0.25) is 5.01 Å². The van der Waals surface area contributed by atoms with Crippen molar-refractivity contribution >= 4 is 41.3 Å². The number of hydrogen-bond donors (Lipinski definition) is 1. The van der Waals surface area contributed by atoms with Gasteiger partial charge >= 0.3 is 0 Å². The standard InChI is InChI=1S/C19H22N4S.ClH/c1-14(21-23-11-9-22(2)10-12-23)15-7-8-19-17(13-15)20-16-5-3-4-6-18(16)24-19;/h3-8,13,20H,9-12H2,1-2H3;1H/b21-14+;. The number of piperazine rings is 1. The van der Waals surface area contributed by atoms with Crippen LogP contribution in [0.3, 0.4) is 0 Å². The lowest BCUT2D eigenvalue weighted by atomic mass is 10.1. The maximum Gasteiger partial charge on any atom is 0.0647 e. The first-order chi connectivity index (χ1) is 11.7. The van der Waals surface area contributed by atoms with Crippen molar-refractivity contribution in [2.24, 2.45) is 5.10 Å². The Balaban J connectivity index is 0.00000182. The second-order valence-corrected chi connectivity index (χ2v) is 7.46. The zero-order valence-corrected chi connectivity index (χ0v) is 16.2. The highest BCUT2D eigenvalue weighted by atomic mass is 35.5. The highest BCUT2D eigenvalue weighted by Crippen LogP contribution is 2.44. The summed E-state index contributed by atoms with van der Waals surface area (Å²) in [5.41, 5.74) is 4.61. The van der Waals surface area contributed by atoms with E-state index in [2.05, 4.69) is 71.7 Å². The zero-order valence-electron chi connectivity index (χ0n) is 14.5. The first-order valence-electron chi connectivity index (χ1n) is 8.36. The van der Waals surface area contributed by atoms with Crippen LogP contribution in [-0.4, -0.2) is 48.8 Å². The Morgan fingerprint density at radius 2 is 1.72 bits per heavy atom. The lowest BCUT2D eigenvalue weighted by molar-refractivity contribution is 0.159. The number of rotatable bonds is 2. The molecular formula is C19H23ClN4S. The molecule has 4 rings (SSSR count). The van der Waals surface area contributed by atoms with Crippen molar-refractivity contribution in [2.75, 3.05) is 38.5 Å². The van der Waals surface area contributed by atoms with Crippen LogP contribution in [0.2, 0.25) is 0 Å². The van der Waals surface area contributed by atoms with Crippen molar-refractivity contribution in [3.8, 4) is 0 Å². The molecule has 0 amide bonds. The van der Waals surface area contributed by atoms with Crippen LogP contribution in [0.1, 0.15) is 12.5 Å². The van der Waals surface area contributed by atoms with Crippen LogP contribution in [0.15, 0.2) is 57.4 Å². The van der Waals surface area contributed by atoms with Crippen LogP contribution in [0.25, 0.3) is 0 Å². The molecule has 25 heavy (non-hydrogen) atoms. The molecule has 1 saturated heterocycles. The fourth-order valence-electron chi connectivity index (χ4n) is 3.03. The molecule has 1 N–H and O–H groups in total. The monoisotopic (exact) mass is 374 g/mol. The number of fused-ring (bicyclic) bond motifs is 2. The summed E-state index contributed by atoms with van der Waals surface area (Å²) in [7, 11) is 2.17. The van der Waals surface area contributed by atoms with Gasteiger partial charge in [-0.05, 0) is 43.8 Å². The summed E-state index contributed by atoms with van der Waals surface area (Å²) < 4.78 is 0. The molecule has 2 heterocycles. The summed E-state index contributed by atoms with van der Waals surface area (Å²) in [4.78, 5) is 4.89. The highest BCUT2D eigenvalue weighted by molar-refractivity contribution is 7.99. The van der Waals surface area contributed by atoms with E-state index in [9.17, 15) is 0 Å². The molecule has 4 nitrogen and oxygen atoms in total. The molecule has 0 unspecified atom stereocenters. The van der Waals surface area contributed by atoms with Gasteiger partial charge in [0.2, 0.25) is 0 Å². The van der Waals surface area contributed by atoms with E-state index in [-0.39, 0.29) is 12.4 Å². The number of anilines is 2. The smallest absolute Gasteiger partial charge is 0.0647 e. The minimum atomic E-state index is 0.